The highest BCUT2D eigenvalue weighted by Gasteiger charge is 2.45. The van der Waals surface area contributed by atoms with E-state index in [2.05, 4.69) is 18.7 Å². The van der Waals surface area contributed by atoms with E-state index in [0.29, 0.717) is 5.54 Å². The molecule has 1 saturated heterocycles. The molecule has 2 unspecified atom stereocenters. The van der Waals surface area contributed by atoms with Crippen LogP contribution in [0.5, 0.6) is 0 Å². The summed E-state index contributed by atoms with van der Waals surface area (Å²) in [7, 11) is 0. The first-order valence-corrected chi connectivity index (χ1v) is 7.72. The van der Waals surface area contributed by atoms with Crippen molar-refractivity contribution in [1.82, 2.24) is 4.90 Å². The van der Waals surface area contributed by atoms with Gasteiger partial charge < -0.3 is 5.73 Å². The van der Waals surface area contributed by atoms with Gasteiger partial charge in [0.1, 0.15) is 0 Å². The SMILES string of the molecule is CCC1CCN(C2(CN)CCCC2CC)CC1. The largest absolute Gasteiger partial charge is 0.329 e. The molecular formula is C15H30N2. The quantitative estimate of drug-likeness (QED) is 0.816. The van der Waals surface area contributed by atoms with Crippen LogP contribution >= 0.6 is 0 Å². The highest BCUT2D eigenvalue weighted by atomic mass is 15.2. The predicted octanol–water partition coefficient (Wildman–Crippen LogP) is 3.02. The Morgan fingerprint density at radius 3 is 2.35 bits per heavy atom. The molecule has 2 heteroatoms. The third kappa shape index (κ3) is 2.39. The molecule has 0 aromatic carbocycles. The van der Waals surface area contributed by atoms with E-state index in [-0.39, 0.29) is 0 Å². The normalized spacial score (nSPS) is 36.5. The van der Waals surface area contributed by atoms with Gasteiger partial charge in [0.25, 0.3) is 0 Å². The molecule has 1 saturated carbocycles. The molecule has 0 radical (unpaired) electrons. The maximum atomic E-state index is 6.19. The number of hydrogen-bond acceptors (Lipinski definition) is 2. The lowest BCUT2D eigenvalue weighted by Crippen LogP contribution is -2.58. The standard InChI is InChI=1S/C15H30N2/c1-3-13-7-10-17(11-8-13)15(12-16)9-5-6-14(15)4-2/h13-14H,3-12,16H2,1-2H3. The van der Waals surface area contributed by atoms with Crippen LogP contribution in [0.3, 0.4) is 0 Å². The molecule has 0 aromatic heterocycles. The van der Waals surface area contributed by atoms with Gasteiger partial charge in [0.05, 0.1) is 0 Å². The molecule has 0 amide bonds. The van der Waals surface area contributed by atoms with E-state index in [0.717, 1.165) is 18.4 Å². The number of likely N-dealkylation sites (tertiary alicyclic amines) is 1. The lowest BCUT2D eigenvalue weighted by molar-refractivity contribution is 0.0244. The monoisotopic (exact) mass is 238 g/mol. The maximum Gasteiger partial charge on any atom is 0.0359 e. The average Bonchev–Trinajstić information content (AvgIpc) is 2.83. The van der Waals surface area contributed by atoms with Gasteiger partial charge in [-0.3, -0.25) is 4.90 Å². The smallest absolute Gasteiger partial charge is 0.0359 e. The minimum Gasteiger partial charge on any atom is -0.329 e. The molecule has 2 rings (SSSR count). The van der Waals surface area contributed by atoms with Crippen molar-refractivity contribution >= 4 is 0 Å². The predicted molar refractivity (Wildman–Crippen MR) is 74.0 cm³/mol. The van der Waals surface area contributed by atoms with Crippen LogP contribution < -0.4 is 5.73 Å². The summed E-state index contributed by atoms with van der Waals surface area (Å²) >= 11 is 0. The number of nitrogens with zero attached hydrogens (tertiary/aromatic N) is 1. The molecule has 1 aliphatic carbocycles. The van der Waals surface area contributed by atoms with Gasteiger partial charge >= 0.3 is 0 Å². The summed E-state index contributed by atoms with van der Waals surface area (Å²) in [6, 6.07) is 0. The van der Waals surface area contributed by atoms with Gasteiger partial charge in [-0.05, 0) is 50.6 Å². The molecule has 1 aliphatic heterocycles. The summed E-state index contributed by atoms with van der Waals surface area (Å²) in [5, 5.41) is 0. The van der Waals surface area contributed by atoms with Crippen molar-refractivity contribution in [3.63, 3.8) is 0 Å². The molecule has 100 valence electrons. The summed E-state index contributed by atoms with van der Waals surface area (Å²) in [5.74, 6) is 1.83. The van der Waals surface area contributed by atoms with Crippen molar-refractivity contribution < 1.29 is 0 Å². The van der Waals surface area contributed by atoms with Gasteiger partial charge in [0.2, 0.25) is 0 Å². The summed E-state index contributed by atoms with van der Waals surface area (Å²) < 4.78 is 0. The number of piperidine rings is 1. The Labute approximate surface area is 107 Å². The van der Waals surface area contributed by atoms with Gasteiger partial charge in [0.15, 0.2) is 0 Å². The Morgan fingerprint density at radius 1 is 1.12 bits per heavy atom. The van der Waals surface area contributed by atoms with Crippen molar-refractivity contribution in [2.75, 3.05) is 19.6 Å². The number of rotatable bonds is 4. The molecule has 0 aromatic rings. The molecule has 2 atom stereocenters. The zero-order valence-electron chi connectivity index (χ0n) is 11.8. The third-order valence-electron chi connectivity index (χ3n) is 5.59. The van der Waals surface area contributed by atoms with Crippen LogP contribution in [0.15, 0.2) is 0 Å². The Bertz CT molecular complexity index is 233. The van der Waals surface area contributed by atoms with E-state index in [4.69, 9.17) is 5.73 Å². The summed E-state index contributed by atoms with van der Waals surface area (Å²) in [6.45, 7) is 8.16. The second kappa shape index (κ2) is 5.71. The first-order valence-electron chi connectivity index (χ1n) is 7.72. The van der Waals surface area contributed by atoms with E-state index in [1.807, 2.05) is 0 Å². The highest BCUT2D eigenvalue weighted by Crippen LogP contribution is 2.43. The number of nitrogens with two attached hydrogens (primary N) is 1. The van der Waals surface area contributed by atoms with Crippen molar-refractivity contribution in [2.24, 2.45) is 17.6 Å². The van der Waals surface area contributed by atoms with Crippen molar-refractivity contribution in [3.8, 4) is 0 Å². The zero-order chi connectivity index (χ0) is 12.3. The molecule has 17 heavy (non-hydrogen) atoms. The van der Waals surface area contributed by atoms with Crippen molar-refractivity contribution in [2.45, 2.75) is 64.3 Å². The Morgan fingerprint density at radius 2 is 1.82 bits per heavy atom. The Kier molecular flexibility index (Phi) is 4.48. The second-order valence-corrected chi connectivity index (χ2v) is 6.14. The van der Waals surface area contributed by atoms with Crippen LogP contribution in [0.1, 0.15) is 58.8 Å². The molecule has 1 heterocycles. The summed E-state index contributed by atoms with van der Waals surface area (Å²) in [5.41, 5.74) is 6.56. The Hall–Kier alpha value is -0.0800. The van der Waals surface area contributed by atoms with Crippen LogP contribution in [0, 0.1) is 11.8 Å². The van der Waals surface area contributed by atoms with E-state index >= 15 is 0 Å². The topological polar surface area (TPSA) is 29.3 Å². The molecule has 2 nitrogen and oxygen atoms in total. The molecule has 0 spiro atoms. The van der Waals surface area contributed by atoms with Crippen LogP contribution in [-0.4, -0.2) is 30.1 Å². The van der Waals surface area contributed by atoms with Crippen molar-refractivity contribution in [1.29, 1.82) is 0 Å². The van der Waals surface area contributed by atoms with Crippen LogP contribution in [-0.2, 0) is 0 Å². The van der Waals surface area contributed by atoms with Gasteiger partial charge in [-0.25, -0.2) is 0 Å². The molecule has 2 fully saturated rings. The molecule has 0 bridgehead atoms. The van der Waals surface area contributed by atoms with E-state index in [1.54, 1.807) is 0 Å². The van der Waals surface area contributed by atoms with Crippen LogP contribution in [0.2, 0.25) is 0 Å². The van der Waals surface area contributed by atoms with Gasteiger partial charge in [-0.1, -0.05) is 33.1 Å². The first-order chi connectivity index (χ1) is 8.26. The van der Waals surface area contributed by atoms with Gasteiger partial charge in [-0.15, -0.1) is 0 Å². The van der Waals surface area contributed by atoms with E-state index < -0.39 is 0 Å². The fourth-order valence-corrected chi connectivity index (χ4v) is 4.31. The fourth-order valence-electron chi connectivity index (χ4n) is 4.31. The Balaban J connectivity index is 2.03. The van der Waals surface area contributed by atoms with Crippen LogP contribution in [0.4, 0.5) is 0 Å². The highest BCUT2D eigenvalue weighted by molar-refractivity contribution is 5.02. The van der Waals surface area contributed by atoms with Gasteiger partial charge in [0, 0.05) is 12.1 Å². The van der Waals surface area contributed by atoms with Crippen molar-refractivity contribution in [3.05, 3.63) is 0 Å². The lowest BCUT2D eigenvalue weighted by Gasteiger charge is -2.48. The molecule has 2 N–H and O–H groups in total. The minimum atomic E-state index is 0.369. The molecule has 2 aliphatic rings. The number of hydrogen-bond donors (Lipinski definition) is 1. The summed E-state index contributed by atoms with van der Waals surface area (Å²) in [6.07, 6.45) is 9.61. The zero-order valence-corrected chi connectivity index (χ0v) is 11.8. The third-order valence-corrected chi connectivity index (χ3v) is 5.59. The average molecular weight is 238 g/mol. The maximum absolute atomic E-state index is 6.19. The molecular weight excluding hydrogens is 208 g/mol. The van der Waals surface area contributed by atoms with E-state index in [1.165, 1.54) is 58.0 Å². The lowest BCUT2D eigenvalue weighted by atomic mass is 9.81. The fraction of sp³-hybridized carbons (Fsp3) is 1.00. The second-order valence-electron chi connectivity index (χ2n) is 6.14. The van der Waals surface area contributed by atoms with E-state index in [9.17, 15) is 0 Å². The summed E-state index contributed by atoms with van der Waals surface area (Å²) in [4.78, 5) is 2.76. The first kappa shape index (κ1) is 13.4. The van der Waals surface area contributed by atoms with Gasteiger partial charge in [-0.2, -0.15) is 0 Å². The minimum absolute atomic E-state index is 0.369. The van der Waals surface area contributed by atoms with Crippen LogP contribution in [0.25, 0.3) is 0 Å².